The summed E-state index contributed by atoms with van der Waals surface area (Å²) in [6.07, 6.45) is 6.85. The summed E-state index contributed by atoms with van der Waals surface area (Å²) in [5.41, 5.74) is 2.64. The topological polar surface area (TPSA) is 68.7 Å². The van der Waals surface area contributed by atoms with Gasteiger partial charge in [0, 0.05) is 18.8 Å². The standard InChI is InChI=1S/C23H21NO4.ClH/c1-27-23-8-6-17(15-22(23)26)5-7-20(25)14-18-3-2-4-19(13-18)16-28-21-9-11-24-12-10-21;/h2-13,15,26H,14,16H2,1H3;1H/b7-5+;. The van der Waals surface area contributed by atoms with Crippen LogP contribution in [0.1, 0.15) is 16.7 Å². The van der Waals surface area contributed by atoms with E-state index in [2.05, 4.69) is 4.98 Å². The number of aromatic nitrogens is 1. The van der Waals surface area contributed by atoms with E-state index in [0.717, 1.165) is 22.4 Å². The molecule has 1 heterocycles. The number of aromatic hydroxyl groups is 1. The minimum Gasteiger partial charge on any atom is -0.504 e. The van der Waals surface area contributed by atoms with E-state index in [4.69, 9.17) is 9.47 Å². The van der Waals surface area contributed by atoms with Crippen LogP contribution < -0.4 is 9.47 Å². The first-order valence-electron chi connectivity index (χ1n) is 8.82. The van der Waals surface area contributed by atoms with Crippen LogP contribution in [0.25, 0.3) is 6.08 Å². The number of hydrogen-bond acceptors (Lipinski definition) is 5. The molecule has 0 bridgehead atoms. The van der Waals surface area contributed by atoms with E-state index in [1.165, 1.54) is 13.2 Å². The molecule has 0 spiro atoms. The van der Waals surface area contributed by atoms with E-state index >= 15 is 0 Å². The zero-order chi connectivity index (χ0) is 19.8. The Bertz CT molecular complexity index is 974. The molecule has 1 N–H and O–H groups in total. The van der Waals surface area contributed by atoms with E-state index in [1.54, 1.807) is 48.8 Å². The Balaban J connectivity index is 0.00000300. The molecule has 0 saturated heterocycles. The van der Waals surface area contributed by atoms with Gasteiger partial charge < -0.3 is 14.6 Å². The molecule has 150 valence electrons. The van der Waals surface area contributed by atoms with Gasteiger partial charge in [-0.25, -0.2) is 0 Å². The minimum atomic E-state index is -0.0255. The van der Waals surface area contributed by atoms with Gasteiger partial charge in [-0.1, -0.05) is 36.4 Å². The van der Waals surface area contributed by atoms with E-state index in [0.29, 0.717) is 18.8 Å². The molecule has 6 heteroatoms. The number of halogens is 1. The Kier molecular flexibility index (Phi) is 8.25. The third kappa shape index (κ3) is 6.66. The number of pyridine rings is 1. The molecule has 0 aliphatic rings. The summed E-state index contributed by atoms with van der Waals surface area (Å²) in [5, 5.41) is 9.80. The Labute approximate surface area is 176 Å². The molecule has 3 rings (SSSR count). The minimum absolute atomic E-state index is 0. The van der Waals surface area contributed by atoms with Crippen LogP contribution >= 0.6 is 12.4 Å². The third-order valence-electron chi connectivity index (χ3n) is 4.09. The molecule has 0 aliphatic carbocycles. The van der Waals surface area contributed by atoms with Crippen molar-refractivity contribution in [3.63, 3.8) is 0 Å². The molecule has 29 heavy (non-hydrogen) atoms. The van der Waals surface area contributed by atoms with Gasteiger partial charge in [-0.2, -0.15) is 0 Å². The molecule has 0 saturated carbocycles. The van der Waals surface area contributed by atoms with Gasteiger partial charge in [0.15, 0.2) is 17.3 Å². The Morgan fingerprint density at radius 2 is 1.83 bits per heavy atom. The number of rotatable bonds is 8. The van der Waals surface area contributed by atoms with Gasteiger partial charge in [-0.3, -0.25) is 9.78 Å². The normalized spacial score (nSPS) is 10.4. The van der Waals surface area contributed by atoms with Crippen molar-refractivity contribution in [2.24, 2.45) is 0 Å². The monoisotopic (exact) mass is 411 g/mol. The van der Waals surface area contributed by atoms with Crippen molar-refractivity contribution in [1.82, 2.24) is 4.98 Å². The second-order valence-electron chi connectivity index (χ2n) is 6.20. The second kappa shape index (κ2) is 10.9. The van der Waals surface area contributed by atoms with Crippen LogP contribution in [0.15, 0.2) is 73.1 Å². The van der Waals surface area contributed by atoms with Crippen LogP contribution in [-0.4, -0.2) is 23.0 Å². The molecule has 0 fully saturated rings. The summed E-state index contributed by atoms with van der Waals surface area (Å²) >= 11 is 0. The number of hydrogen-bond donors (Lipinski definition) is 1. The summed E-state index contributed by atoms with van der Waals surface area (Å²) in [7, 11) is 1.49. The summed E-state index contributed by atoms with van der Waals surface area (Å²) < 4.78 is 10.7. The number of allylic oxidation sites excluding steroid dienone is 1. The third-order valence-corrected chi connectivity index (χ3v) is 4.09. The predicted molar refractivity (Wildman–Crippen MR) is 115 cm³/mol. The average molecular weight is 412 g/mol. The summed E-state index contributed by atoms with van der Waals surface area (Å²) in [4.78, 5) is 16.2. The van der Waals surface area contributed by atoms with E-state index in [1.807, 2.05) is 24.3 Å². The van der Waals surface area contributed by atoms with Crippen molar-refractivity contribution < 1.29 is 19.4 Å². The molecule has 5 nitrogen and oxygen atoms in total. The highest BCUT2D eigenvalue weighted by atomic mass is 35.5. The zero-order valence-electron chi connectivity index (χ0n) is 15.9. The Morgan fingerprint density at radius 3 is 2.55 bits per heavy atom. The Hall–Kier alpha value is -3.31. The molecule has 2 aromatic carbocycles. The summed E-state index contributed by atoms with van der Waals surface area (Å²) in [6, 6.07) is 16.4. The summed E-state index contributed by atoms with van der Waals surface area (Å²) in [6.45, 7) is 0.424. The number of nitrogens with zero attached hydrogens (tertiary/aromatic N) is 1. The molecule has 0 atom stereocenters. The molecule has 0 unspecified atom stereocenters. The fourth-order valence-corrected chi connectivity index (χ4v) is 2.69. The van der Waals surface area contributed by atoms with E-state index in [9.17, 15) is 9.90 Å². The lowest BCUT2D eigenvalue weighted by Gasteiger charge is -2.07. The number of carbonyl (C=O) groups excluding carboxylic acids is 1. The predicted octanol–water partition coefficient (Wildman–Crippen LogP) is 4.62. The van der Waals surface area contributed by atoms with Crippen molar-refractivity contribution in [3.8, 4) is 17.2 Å². The van der Waals surface area contributed by atoms with Crippen LogP contribution in [0.4, 0.5) is 0 Å². The first kappa shape index (κ1) is 22.0. The highest BCUT2D eigenvalue weighted by Gasteiger charge is 2.04. The van der Waals surface area contributed by atoms with Crippen LogP contribution in [0.5, 0.6) is 17.2 Å². The number of ketones is 1. The zero-order valence-corrected chi connectivity index (χ0v) is 16.8. The van der Waals surface area contributed by atoms with Gasteiger partial charge in [-0.15, -0.1) is 12.4 Å². The van der Waals surface area contributed by atoms with Crippen molar-refractivity contribution in [1.29, 1.82) is 0 Å². The number of methoxy groups -OCH3 is 1. The molecule has 0 radical (unpaired) electrons. The quantitative estimate of drug-likeness (QED) is 0.547. The fourth-order valence-electron chi connectivity index (χ4n) is 2.69. The molecular formula is C23H22ClNO4. The maximum absolute atomic E-state index is 12.3. The van der Waals surface area contributed by atoms with Gasteiger partial charge in [0.05, 0.1) is 7.11 Å². The first-order chi connectivity index (χ1) is 13.6. The van der Waals surface area contributed by atoms with Crippen LogP contribution in [0.2, 0.25) is 0 Å². The smallest absolute Gasteiger partial charge is 0.160 e. The second-order valence-corrected chi connectivity index (χ2v) is 6.20. The largest absolute Gasteiger partial charge is 0.504 e. The lowest BCUT2D eigenvalue weighted by atomic mass is 10.1. The SMILES string of the molecule is COc1ccc(/C=C/C(=O)Cc2cccc(COc3ccncc3)c2)cc1O.Cl. The maximum Gasteiger partial charge on any atom is 0.160 e. The lowest BCUT2D eigenvalue weighted by Crippen LogP contribution is -2.01. The highest BCUT2D eigenvalue weighted by molar-refractivity contribution is 5.95. The molecule has 3 aromatic rings. The number of phenols is 1. The van der Waals surface area contributed by atoms with Crippen LogP contribution in [0, 0.1) is 0 Å². The number of benzene rings is 2. The highest BCUT2D eigenvalue weighted by Crippen LogP contribution is 2.26. The van der Waals surface area contributed by atoms with Crippen molar-refractivity contribution in [3.05, 3.63) is 89.8 Å². The first-order valence-corrected chi connectivity index (χ1v) is 8.82. The number of phenolic OH excluding ortho intramolecular Hbond substituents is 1. The van der Waals surface area contributed by atoms with E-state index < -0.39 is 0 Å². The molecule has 1 aromatic heterocycles. The van der Waals surface area contributed by atoms with Crippen LogP contribution in [-0.2, 0) is 17.8 Å². The van der Waals surface area contributed by atoms with Crippen LogP contribution in [0.3, 0.4) is 0 Å². The van der Waals surface area contributed by atoms with Gasteiger partial charge in [-0.05, 0) is 47.0 Å². The van der Waals surface area contributed by atoms with E-state index in [-0.39, 0.29) is 23.9 Å². The van der Waals surface area contributed by atoms with Gasteiger partial charge in [0.1, 0.15) is 12.4 Å². The number of carbonyl (C=O) groups is 1. The lowest BCUT2D eigenvalue weighted by molar-refractivity contribution is -0.113. The molecule has 0 aliphatic heterocycles. The maximum atomic E-state index is 12.3. The number of ether oxygens (including phenoxy) is 2. The Morgan fingerprint density at radius 1 is 1.07 bits per heavy atom. The van der Waals surface area contributed by atoms with Gasteiger partial charge in [0.2, 0.25) is 0 Å². The fraction of sp³-hybridized carbons (Fsp3) is 0.130. The van der Waals surface area contributed by atoms with Crippen molar-refractivity contribution in [2.75, 3.05) is 7.11 Å². The molecule has 0 amide bonds. The summed E-state index contributed by atoms with van der Waals surface area (Å²) in [5.74, 6) is 1.16. The molecular weight excluding hydrogens is 390 g/mol. The van der Waals surface area contributed by atoms with Gasteiger partial charge >= 0.3 is 0 Å². The van der Waals surface area contributed by atoms with Crippen molar-refractivity contribution >= 4 is 24.3 Å². The average Bonchev–Trinajstić information content (AvgIpc) is 2.72. The van der Waals surface area contributed by atoms with Crippen molar-refractivity contribution in [2.45, 2.75) is 13.0 Å². The van der Waals surface area contributed by atoms with Gasteiger partial charge in [0.25, 0.3) is 0 Å².